The Kier molecular flexibility index (Phi) is 7.12. The second-order valence-electron chi connectivity index (χ2n) is 6.33. The third kappa shape index (κ3) is 5.32. The molecule has 0 amide bonds. The quantitative estimate of drug-likeness (QED) is 0.522. The van der Waals surface area contributed by atoms with Crippen molar-refractivity contribution in [1.82, 2.24) is 9.97 Å². The maximum absolute atomic E-state index is 12.0. The predicted octanol–water partition coefficient (Wildman–Crippen LogP) is 2.47. The number of hydrogen-bond acceptors (Lipinski definition) is 9. The van der Waals surface area contributed by atoms with E-state index in [-0.39, 0.29) is 30.7 Å². The highest BCUT2D eigenvalue weighted by Gasteiger charge is 2.15. The zero-order chi connectivity index (χ0) is 20.5. The van der Waals surface area contributed by atoms with E-state index in [1.54, 1.807) is 24.3 Å². The number of carbonyl (C=O) groups is 1. The SMILES string of the molecule is CC(C)COC(=O)c1ccc(Nc2ncnc(N(CC#N)CC#N)c2N)cc1. The van der Waals surface area contributed by atoms with Crippen LogP contribution in [0.5, 0.6) is 0 Å². The summed E-state index contributed by atoms with van der Waals surface area (Å²) in [6.07, 6.45) is 1.30. The molecule has 0 unspecified atom stereocenters. The molecule has 0 aliphatic heterocycles. The molecule has 1 aromatic heterocycles. The largest absolute Gasteiger partial charge is 0.462 e. The van der Waals surface area contributed by atoms with Gasteiger partial charge < -0.3 is 20.7 Å². The first-order valence-corrected chi connectivity index (χ1v) is 8.59. The number of nitrogens with one attached hydrogen (secondary N) is 1. The molecule has 0 spiro atoms. The number of anilines is 4. The predicted molar refractivity (Wildman–Crippen MR) is 105 cm³/mol. The van der Waals surface area contributed by atoms with E-state index in [2.05, 4.69) is 15.3 Å². The van der Waals surface area contributed by atoms with Crippen molar-refractivity contribution in [2.75, 3.05) is 35.6 Å². The van der Waals surface area contributed by atoms with Gasteiger partial charge >= 0.3 is 5.97 Å². The smallest absolute Gasteiger partial charge is 0.338 e. The summed E-state index contributed by atoms with van der Waals surface area (Å²) in [6, 6.07) is 10.6. The fourth-order valence-electron chi connectivity index (χ4n) is 2.27. The summed E-state index contributed by atoms with van der Waals surface area (Å²) in [5.74, 6) is 0.518. The molecule has 0 radical (unpaired) electrons. The van der Waals surface area contributed by atoms with Crippen molar-refractivity contribution in [2.24, 2.45) is 5.92 Å². The number of nitriles is 2. The van der Waals surface area contributed by atoms with E-state index in [0.717, 1.165) is 0 Å². The first-order chi connectivity index (χ1) is 13.5. The molecule has 0 saturated carbocycles. The zero-order valence-corrected chi connectivity index (χ0v) is 15.7. The Hall–Kier alpha value is -3.85. The number of ether oxygens (including phenoxy) is 1. The molecule has 1 aromatic carbocycles. The van der Waals surface area contributed by atoms with Gasteiger partial charge in [0, 0.05) is 5.69 Å². The van der Waals surface area contributed by atoms with E-state index in [4.69, 9.17) is 21.0 Å². The highest BCUT2D eigenvalue weighted by atomic mass is 16.5. The van der Waals surface area contributed by atoms with E-state index >= 15 is 0 Å². The second kappa shape index (κ2) is 9.74. The molecule has 0 fully saturated rings. The Labute approximate surface area is 163 Å². The molecule has 0 aliphatic carbocycles. The molecule has 0 bridgehead atoms. The number of nitrogen functional groups attached to an aromatic ring is 1. The van der Waals surface area contributed by atoms with E-state index < -0.39 is 0 Å². The molecular weight excluding hydrogens is 358 g/mol. The normalized spacial score (nSPS) is 10.0. The Bertz CT molecular complexity index is 882. The van der Waals surface area contributed by atoms with Crippen molar-refractivity contribution < 1.29 is 9.53 Å². The lowest BCUT2D eigenvalue weighted by Crippen LogP contribution is -2.26. The maximum Gasteiger partial charge on any atom is 0.338 e. The first-order valence-electron chi connectivity index (χ1n) is 8.59. The Morgan fingerprint density at radius 3 is 2.43 bits per heavy atom. The van der Waals surface area contributed by atoms with Crippen LogP contribution >= 0.6 is 0 Å². The molecule has 3 N–H and O–H groups in total. The van der Waals surface area contributed by atoms with E-state index in [0.29, 0.717) is 29.5 Å². The Balaban J connectivity index is 2.16. The summed E-state index contributed by atoms with van der Waals surface area (Å²) in [6.45, 7) is 4.24. The number of rotatable bonds is 8. The molecular formula is C19H21N7O2. The topological polar surface area (TPSA) is 141 Å². The zero-order valence-electron chi connectivity index (χ0n) is 15.7. The van der Waals surface area contributed by atoms with Crippen LogP contribution in [0.4, 0.5) is 23.0 Å². The van der Waals surface area contributed by atoms with Gasteiger partial charge in [0.15, 0.2) is 11.6 Å². The molecule has 1 heterocycles. The number of esters is 1. The van der Waals surface area contributed by atoms with Crippen LogP contribution in [0.1, 0.15) is 24.2 Å². The average molecular weight is 379 g/mol. The fourth-order valence-corrected chi connectivity index (χ4v) is 2.27. The van der Waals surface area contributed by atoms with Crippen molar-refractivity contribution in [2.45, 2.75) is 13.8 Å². The van der Waals surface area contributed by atoms with Crippen LogP contribution < -0.4 is 16.0 Å². The summed E-state index contributed by atoms with van der Waals surface area (Å²) in [5.41, 5.74) is 7.43. The van der Waals surface area contributed by atoms with Crippen molar-refractivity contribution >= 4 is 29.0 Å². The number of aromatic nitrogens is 2. The number of hydrogen-bond donors (Lipinski definition) is 2. The summed E-state index contributed by atoms with van der Waals surface area (Å²) in [7, 11) is 0. The third-order valence-corrected chi connectivity index (χ3v) is 3.62. The van der Waals surface area contributed by atoms with Crippen LogP contribution in [0.25, 0.3) is 0 Å². The van der Waals surface area contributed by atoms with Crippen molar-refractivity contribution in [3.63, 3.8) is 0 Å². The monoisotopic (exact) mass is 379 g/mol. The van der Waals surface area contributed by atoms with Crippen LogP contribution in [-0.2, 0) is 4.74 Å². The van der Waals surface area contributed by atoms with Gasteiger partial charge in [0.1, 0.15) is 25.1 Å². The standard InChI is InChI=1S/C19H21N7O2/c1-13(2)11-28-19(27)14-3-5-15(6-4-14)25-17-16(22)18(24-12-23-17)26(9-7-20)10-8-21/h3-6,12-13H,9-11,22H2,1-2H3,(H,23,24,25). The molecule has 28 heavy (non-hydrogen) atoms. The van der Waals surface area contributed by atoms with Crippen molar-refractivity contribution in [3.8, 4) is 12.1 Å². The van der Waals surface area contributed by atoms with Gasteiger partial charge in [0.25, 0.3) is 0 Å². The number of nitrogens with zero attached hydrogens (tertiary/aromatic N) is 5. The maximum atomic E-state index is 12.0. The molecule has 0 atom stereocenters. The molecule has 0 aliphatic rings. The molecule has 2 aromatic rings. The van der Waals surface area contributed by atoms with Crippen molar-refractivity contribution in [1.29, 1.82) is 10.5 Å². The Morgan fingerprint density at radius 1 is 1.21 bits per heavy atom. The minimum atomic E-state index is -0.382. The minimum Gasteiger partial charge on any atom is -0.462 e. The van der Waals surface area contributed by atoms with Gasteiger partial charge in [-0.05, 0) is 30.2 Å². The highest BCUT2D eigenvalue weighted by molar-refractivity contribution is 5.90. The second-order valence-corrected chi connectivity index (χ2v) is 6.33. The lowest BCUT2D eigenvalue weighted by Gasteiger charge is -2.20. The van der Waals surface area contributed by atoms with E-state index in [1.807, 2.05) is 26.0 Å². The van der Waals surface area contributed by atoms with Gasteiger partial charge in [-0.3, -0.25) is 0 Å². The van der Waals surface area contributed by atoms with E-state index in [9.17, 15) is 4.79 Å². The molecule has 9 nitrogen and oxygen atoms in total. The summed E-state index contributed by atoms with van der Waals surface area (Å²) in [4.78, 5) is 21.6. The lowest BCUT2D eigenvalue weighted by atomic mass is 10.2. The van der Waals surface area contributed by atoms with Crippen LogP contribution in [0.3, 0.4) is 0 Å². The molecule has 2 rings (SSSR count). The van der Waals surface area contributed by atoms with Crippen molar-refractivity contribution in [3.05, 3.63) is 36.2 Å². The third-order valence-electron chi connectivity index (χ3n) is 3.62. The van der Waals surface area contributed by atoms with Crippen LogP contribution in [0.15, 0.2) is 30.6 Å². The van der Waals surface area contributed by atoms with Gasteiger partial charge in [-0.1, -0.05) is 13.8 Å². The van der Waals surface area contributed by atoms with Crippen LogP contribution in [-0.4, -0.2) is 35.6 Å². The number of nitrogens with two attached hydrogens (primary N) is 1. The molecule has 0 saturated heterocycles. The van der Waals surface area contributed by atoms with Gasteiger partial charge in [0.2, 0.25) is 0 Å². The Morgan fingerprint density at radius 2 is 1.86 bits per heavy atom. The van der Waals surface area contributed by atoms with Crippen LogP contribution in [0, 0.1) is 28.6 Å². The summed E-state index contributed by atoms with van der Waals surface area (Å²) < 4.78 is 5.20. The highest BCUT2D eigenvalue weighted by Crippen LogP contribution is 2.28. The van der Waals surface area contributed by atoms with E-state index in [1.165, 1.54) is 11.2 Å². The molecule has 144 valence electrons. The van der Waals surface area contributed by atoms with Crippen LogP contribution in [0.2, 0.25) is 0 Å². The fraction of sp³-hybridized carbons (Fsp3) is 0.316. The first kappa shape index (κ1) is 20.5. The molecule has 9 heteroatoms. The average Bonchev–Trinajstić information content (AvgIpc) is 2.68. The minimum absolute atomic E-state index is 0.0264. The summed E-state index contributed by atoms with van der Waals surface area (Å²) in [5, 5.41) is 20.9. The van der Waals surface area contributed by atoms with Gasteiger partial charge in [-0.2, -0.15) is 10.5 Å². The van der Waals surface area contributed by atoms with Gasteiger partial charge in [-0.25, -0.2) is 14.8 Å². The number of benzene rings is 1. The number of carbonyl (C=O) groups excluding carboxylic acids is 1. The lowest BCUT2D eigenvalue weighted by molar-refractivity contribution is 0.0459. The summed E-state index contributed by atoms with van der Waals surface area (Å²) >= 11 is 0. The van der Waals surface area contributed by atoms with Gasteiger partial charge in [-0.15, -0.1) is 0 Å². The van der Waals surface area contributed by atoms with Gasteiger partial charge in [0.05, 0.1) is 24.3 Å².